The summed E-state index contributed by atoms with van der Waals surface area (Å²) in [5.41, 5.74) is 6.72. The largest absolute Gasteiger partial charge is 0.326 e. The molecule has 1 aromatic carbocycles. The molecule has 0 amide bonds. The molecule has 0 bridgehead atoms. The van der Waals surface area contributed by atoms with Crippen molar-refractivity contribution < 1.29 is 4.39 Å². The van der Waals surface area contributed by atoms with Crippen molar-refractivity contribution in [3.05, 3.63) is 41.5 Å². The first-order valence-corrected chi connectivity index (χ1v) is 7.05. The van der Waals surface area contributed by atoms with E-state index in [-0.39, 0.29) is 17.1 Å². The molecule has 0 saturated carbocycles. The zero-order valence-corrected chi connectivity index (χ0v) is 11.7. The van der Waals surface area contributed by atoms with Crippen LogP contribution in [0.25, 0.3) is 0 Å². The van der Waals surface area contributed by atoms with Crippen LogP contribution in [0.3, 0.4) is 0 Å². The van der Waals surface area contributed by atoms with Crippen molar-refractivity contribution in [1.29, 1.82) is 0 Å². The second-order valence-corrected chi connectivity index (χ2v) is 5.44. The standard InChI is InChI=1S/C13H17FN4S/c1-3-11(15)12(9-6-4-5-7-10(9)14)19-13-16-8(2)17-18-13/h4-7,11-12H,3,15H2,1-2H3,(H,16,17,18). The van der Waals surface area contributed by atoms with Gasteiger partial charge in [0.15, 0.2) is 0 Å². The Morgan fingerprint density at radius 2 is 2.16 bits per heavy atom. The molecule has 1 heterocycles. The average molecular weight is 280 g/mol. The molecule has 2 aromatic rings. The zero-order chi connectivity index (χ0) is 13.8. The molecule has 0 aliphatic carbocycles. The highest BCUT2D eigenvalue weighted by Crippen LogP contribution is 2.37. The number of thioether (sulfide) groups is 1. The van der Waals surface area contributed by atoms with E-state index in [0.717, 1.165) is 12.2 Å². The maximum atomic E-state index is 13.9. The van der Waals surface area contributed by atoms with Gasteiger partial charge in [0.2, 0.25) is 5.16 Å². The van der Waals surface area contributed by atoms with Gasteiger partial charge in [-0.25, -0.2) is 9.37 Å². The molecule has 2 atom stereocenters. The summed E-state index contributed by atoms with van der Waals surface area (Å²) < 4.78 is 13.9. The maximum absolute atomic E-state index is 13.9. The summed E-state index contributed by atoms with van der Waals surface area (Å²) in [6.45, 7) is 3.82. The molecule has 0 radical (unpaired) electrons. The summed E-state index contributed by atoms with van der Waals surface area (Å²) in [7, 11) is 0. The number of aromatic nitrogens is 3. The lowest BCUT2D eigenvalue weighted by molar-refractivity contribution is 0.572. The summed E-state index contributed by atoms with van der Waals surface area (Å²) in [5.74, 6) is 0.496. The third-order valence-corrected chi connectivity index (χ3v) is 4.13. The molecule has 2 unspecified atom stereocenters. The first-order valence-electron chi connectivity index (χ1n) is 6.17. The van der Waals surface area contributed by atoms with Crippen LogP contribution in [0.2, 0.25) is 0 Å². The summed E-state index contributed by atoms with van der Waals surface area (Å²) in [6.07, 6.45) is 0.759. The number of halogens is 1. The van der Waals surface area contributed by atoms with Gasteiger partial charge in [0.25, 0.3) is 0 Å². The van der Waals surface area contributed by atoms with Crippen LogP contribution in [0.4, 0.5) is 4.39 Å². The Labute approximate surface area is 116 Å². The first kappa shape index (κ1) is 14.0. The molecule has 3 N–H and O–H groups in total. The van der Waals surface area contributed by atoms with Gasteiger partial charge in [-0.3, -0.25) is 5.10 Å². The summed E-state index contributed by atoms with van der Waals surface area (Å²) in [4.78, 5) is 4.24. The van der Waals surface area contributed by atoms with Crippen molar-refractivity contribution in [3.8, 4) is 0 Å². The van der Waals surface area contributed by atoms with E-state index in [1.807, 2.05) is 19.9 Å². The van der Waals surface area contributed by atoms with Gasteiger partial charge in [0, 0.05) is 11.6 Å². The van der Waals surface area contributed by atoms with Gasteiger partial charge in [0.1, 0.15) is 11.6 Å². The number of hydrogen-bond donors (Lipinski definition) is 2. The van der Waals surface area contributed by atoms with Gasteiger partial charge >= 0.3 is 0 Å². The smallest absolute Gasteiger partial charge is 0.209 e. The Morgan fingerprint density at radius 3 is 2.74 bits per heavy atom. The van der Waals surface area contributed by atoms with Crippen molar-refractivity contribution in [1.82, 2.24) is 15.2 Å². The Balaban J connectivity index is 2.29. The van der Waals surface area contributed by atoms with E-state index >= 15 is 0 Å². The van der Waals surface area contributed by atoms with Crippen LogP contribution in [-0.2, 0) is 0 Å². The van der Waals surface area contributed by atoms with Gasteiger partial charge in [-0.1, -0.05) is 36.9 Å². The number of hydrogen-bond acceptors (Lipinski definition) is 4. The Kier molecular flexibility index (Phi) is 4.55. The SMILES string of the molecule is CCC(N)C(Sc1n[nH]c(C)n1)c1ccccc1F. The van der Waals surface area contributed by atoms with Crippen molar-refractivity contribution in [2.24, 2.45) is 5.73 Å². The highest BCUT2D eigenvalue weighted by molar-refractivity contribution is 7.99. The maximum Gasteiger partial charge on any atom is 0.209 e. The number of nitrogens with one attached hydrogen (secondary N) is 1. The van der Waals surface area contributed by atoms with Crippen LogP contribution in [-0.4, -0.2) is 21.2 Å². The minimum Gasteiger partial charge on any atom is -0.326 e. The molecule has 0 aliphatic heterocycles. The summed E-state index contributed by atoms with van der Waals surface area (Å²) in [6, 6.07) is 6.56. The van der Waals surface area contributed by atoms with Crippen molar-refractivity contribution in [2.45, 2.75) is 36.7 Å². The molecule has 102 valence electrons. The zero-order valence-electron chi connectivity index (χ0n) is 10.9. The lowest BCUT2D eigenvalue weighted by Crippen LogP contribution is -2.26. The molecule has 0 aliphatic rings. The topological polar surface area (TPSA) is 67.6 Å². The molecule has 0 fully saturated rings. The van der Waals surface area contributed by atoms with Crippen LogP contribution >= 0.6 is 11.8 Å². The second-order valence-electron chi connectivity index (χ2n) is 4.34. The fourth-order valence-electron chi connectivity index (χ4n) is 1.79. The third kappa shape index (κ3) is 3.33. The van der Waals surface area contributed by atoms with Crippen molar-refractivity contribution in [2.75, 3.05) is 0 Å². The van der Waals surface area contributed by atoms with E-state index in [4.69, 9.17) is 5.73 Å². The van der Waals surface area contributed by atoms with Crippen LogP contribution < -0.4 is 5.73 Å². The van der Waals surface area contributed by atoms with E-state index < -0.39 is 0 Å². The van der Waals surface area contributed by atoms with Crippen LogP contribution in [0.1, 0.15) is 30.0 Å². The number of H-pyrrole nitrogens is 1. The number of aryl methyl sites for hydroxylation is 1. The van der Waals surface area contributed by atoms with E-state index in [9.17, 15) is 4.39 Å². The lowest BCUT2D eigenvalue weighted by Gasteiger charge is -2.21. The highest BCUT2D eigenvalue weighted by atomic mass is 32.2. The normalized spacial score (nSPS) is 14.3. The fraction of sp³-hybridized carbons (Fsp3) is 0.385. The van der Waals surface area contributed by atoms with Gasteiger partial charge in [-0.05, 0) is 19.4 Å². The van der Waals surface area contributed by atoms with Gasteiger partial charge in [-0.2, -0.15) is 0 Å². The molecule has 0 saturated heterocycles. The monoisotopic (exact) mass is 280 g/mol. The highest BCUT2D eigenvalue weighted by Gasteiger charge is 2.24. The van der Waals surface area contributed by atoms with Crippen LogP contribution in [0.15, 0.2) is 29.4 Å². The molecular weight excluding hydrogens is 263 g/mol. The molecule has 1 aromatic heterocycles. The minimum absolute atomic E-state index is 0.152. The van der Waals surface area contributed by atoms with E-state index in [2.05, 4.69) is 15.2 Å². The third-order valence-electron chi connectivity index (χ3n) is 2.88. The molecule has 0 spiro atoms. The molecule has 4 nitrogen and oxygen atoms in total. The number of nitrogens with zero attached hydrogens (tertiary/aromatic N) is 2. The summed E-state index contributed by atoms with van der Waals surface area (Å²) in [5, 5.41) is 7.26. The molecule has 6 heteroatoms. The molecule has 2 rings (SSSR count). The van der Waals surface area contributed by atoms with Crippen molar-refractivity contribution in [3.63, 3.8) is 0 Å². The number of nitrogens with two attached hydrogens (primary N) is 1. The van der Waals surface area contributed by atoms with Crippen LogP contribution in [0.5, 0.6) is 0 Å². The van der Waals surface area contributed by atoms with Gasteiger partial charge < -0.3 is 5.73 Å². The molecular formula is C13H17FN4S. The summed E-state index contributed by atoms with van der Waals surface area (Å²) >= 11 is 1.39. The average Bonchev–Trinajstić information content (AvgIpc) is 2.82. The number of rotatable bonds is 5. The quantitative estimate of drug-likeness (QED) is 0.826. The van der Waals surface area contributed by atoms with Crippen LogP contribution in [0, 0.1) is 12.7 Å². The Bertz CT molecular complexity index is 543. The predicted molar refractivity (Wildman–Crippen MR) is 74.4 cm³/mol. The molecule has 19 heavy (non-hydrogen) atoms. The van der Waals surface area contributed by atoms with Crippen molar-refractivity contribution >= 4 is 11.8 Å². The Morgan fingerprint density at radius 1 is 1.42 bits per heavy atom. The number of benzene rings is 1. The van der Waals surface area contributed by atoms with E-state index in [1.165, 1.54) is 17.8 Å². The van der Waals surface area contributed by atoms with E-state index in [0.29, 0.717) is 10.7 Å². The second kappa shape index (κ2) is 6.16. The van der Waals surface area contributed by atoms with Gasteiger partial charge in [-0.15, -0.1) is 5.10 Å². The first-order chi connectivity index (χ1) is 9.11. The van der Waals surface area contributed by atoms with Gasteiger partial charge in [0.05, 0.1) is 5.25 Å². The Hall–Kier alpha value is -1.40. The van der Waals surface area contributed by atoms with E-state index in [1.54, 1.807) is 12.1 Å². The number of aromatic amines is 1. The predicted octanol–water partition coefficient (Wildman–Crippen LogP) is 2.82. The fourth-order valence-corrected chi connectivity index (χ4v) is 2.99. The minimum atomic E-state index is -0.240. The lowest BCUT2D eigenvalue weighted by atomic mass is 10.0.